The van der Waals surface area contributed by atoms with E-state index < -0.39 is 0 Å². The van der Waals surface area contributed by atoms with Crippen LogP contribution in [0.2, 0.25) is 0 Å². The maximum absolute atomic E-state index is 4.48. The van der Waals surface area contributed by atoms with Crippen LogP contribution in [0.1, 0.15) is 46.6 Å². The summed E-state index contributed by atoms with van der Waals surface area (Å²) in [5.74, 6) is 0. The highest BCUT2D eigenvalue weighted by Gasteiger charge is 2.38. The molecule has 0 radical (unpaired) electrons. The van der Waals surface area contributed by atoms with Crippen LogP contribution in [0, 0.1) is 0 Å². The molecule has 6 heteroatoms. The van der Waals surface area contributed by atoms with Crippen molar-refractivity contribution in [2.45, 2.75) is 57.7 Å². The van der Waals surface area contributed by atoms with Gasteiger partial charge in [0.2, 0.25) is 0 Å². The first-order valence-corrected chi connectivity index (χ1v) is 7.70. The topological polar surface area (TPSA) is 55.6 Å². The Morgan fingerprint density at radius 1 is 1.20 bits per heavy atom. The Kier molecular flexibility index (Phi) is 3.14. The van der Waals surface area contributed by atoms with Crippen molar-refractivity contribution in [1.82, 2.24) is 24.8 Å². The fraction of sp³-hybridized carbons (Fsp3) is 0.643. The monoisotopic (exact) mass is 337 g/mol. The van der Waals surface area contributed by atoms with Gasteiger partial charge in [-0.1, -0.05) is 0 Å². The van der Waals surface area contributed by atoms with E-state index in [-0.39, 0.29) is 11.1 Å². The maximum Gasteiger partial charge on any atom is 0.198 e. The summed E-state index contributed by atoms with van der Waals surface area (Å²) >= 11 is 3.34. The van der Waals surface area contributed by atoms with Crippen LogP contribution in [-0.2, 0) is 0 Å². The number of hydrogen-bond acceptors (Lipinski definition) is 4. The summed E-state index contributed by atoms with van der Waals surface area (Å²) in [5, 5.41) is 3.70. The van der Waals surface area contributed by atoms with Gasteiger partial charge in [-0.05, 0) is 56.5 Å². The van der Waals surface area contributed by atoms with E-state index in [1.165, 1.54) is 0 Å². The summed E-state index contributed by atoms with van der Waals surface area (Å²) in [4.78, 5) is 13.2. The Labute approximate surface area is 127 Å². The van der Waals surface area contributed by atoms with Crippen molar-refractivity contribution in [3.63, 3.8) is 0 Å². The molecule has 0 aliphatic carbocycles. The molecule has 1 aliphatic heterocycles. The largest absolute Gasteiger partial charge is 0.311 e. The minimum Gasteiger partial charge on any atom is -0.311 e. The second-order valence-electron chi connectivity index (χ2n) is 6.95. The number of halogens is 1. The molecule has 2 aromatic rings. The molecule has 5 nitrogen and oxygen atoms in total. The Bertz CT molecular complexity index is 630. The van der Waals surface area contributed by atoms with Crippen molar-refractivity contribution in [3.8, 4) is 0 Å². The SMILES string of the molecule is CC1(C)CC(n2cnc3nc(Br)cnc32)CC(C)(C)N1. The molecule has 1 aliphatic rings. The van der Waals surface area contributed by atoms with Gasteiger partial charge >= 0.3 is 0 Å². The van der Waals surface area contributed by atoms with Crippen LogP contribution >= 0.6 is 15.9 Å². The summed E-state index contributed by atoms with van der Waals surface area (Å²) in [6.45, 7) is 9.01. The van der Waals surface area contributed by atoms with Crippen molar-refractivity contribution < 1.29 is 0 Å². The van der Waals surface area contributed by atoms with Crippen LogP contribution in [0.5, 0.6) is 0 Å². The molecule has 0 unspecified atom stereocenters. The highest BCUT2D eigenvalue weighted by Crippen LogP contribution is 2.36. The number of piperidine rings is 1. The molecule has 1 saturated heterocycles. The molecule has 0 amide bonds. The van der Waals surface area contributed by atoms with Gasteiger partial charge in [-0.15, -0.1) is 0 Å². The first-order chi connectivity index (χ1) is 9.26. The van der Waals surface area contributed by atoms with Crippen molar-refractivity contribution in [2.75, 3.05) is 0 Å². The molecule has 2 aromatic heterocycles. The van der Waals surface area contributed by atoms with E-state index in [0.717, 1.165) is 23.1 Å². The number of hydrogen-bond donors (Lipinski definition) is 1. The molecule has 3 rings (SSSR count). The van der Waals surface area contributed by atoms with E-state index in [2.05, 4.69) is 68.5 Å². The van der Waals surface area contributed by atoms with Gasteiger partial charge in [-0.3, -0.25) is 0 Å². The van der Waals surface area contributed by atoms with Gasteiger partial charge in [0.25, 0.3) is 0 Å². The molecule has 0 spiro atoms. The first kappa shape index (κ1) is 13.9. The smallest absolute Gasteiger partial charge is 0.198 e. The summed E-state index contributed by atoms with van der Waals surface area (Å²) < 4.78 is 2.90. The van der Waals surface area contributed by atoms with Gasteiger partial charge < -0.3 is 9.88 Å². The third-order valence-electron chi connectivity index (χ3n) is 3.82. The highest BCUT2D eigenvalue weighted by atomic mass is 79.9. The lowest BCUT2D eigenvalue weighted by molar-refractivity contribution is 0.134. The summed E-state index contributed by atoms with van der Waals surface area (Å²) in [5.41, 5.74) is 1.78. The lowest BCUT2D eigenvalue weighted by atomic mass is 9.79. The van der Waals surface area contributed by atoms with Gasteiger partial charge in [0.15, 0.2) is 11.3 Å². The standard InChI is InChI=1S/C14H20BrN5/c1-13(2)5-9(6-14(3,4)19-13)20-8-17-11-12(20)16-7-10(15)18-11/h7-9,19H,5-6H2,1-4H3. The molecule has 1 N–H and O–H groups in total. The third-order valence-corrected chi connectivity index (χ3v) is 4.20. The molecule has 108 valence electrons. The van der Waals surface area contributed by atoms with Crippen LogP contribution < -0.4 is 5.32 Å². The van der Waals surface area contributed by atoms with Crippen molar-refractivity contribution >= 4 is 27.2 Å². The fourth-order valence-corrected chi connectivity index (χ4v) is 3.80. The maximum atomic E-state index is 4.48. The van der Waals surface area contributed by atoms with E-state index in [9.17, 15) is 0 Å². The number of fused-ring (bicyclic) bond motifs is 1. The van der Waals surface area contributed by atoms with Crippen LogP contribution in [-0.4, -0.2) is 30.6 Å². The minimum atomic E-state index is 0.103. The molecular weight excluding hydrogens is 318 g/mol. The number of nitrogens with one attached hydrogen (secondary N) is 1. The Morgan fingerprint density at radius 2 is 1.85 bits per heavy atom. The number of aromatic nitrogens is 4. The average Bonchev–Trinajstić information content (AvgIpc) is 2.67. The third kappa shape index (κ3) is 2.59. The fourth-order valence-electron chi connectivity index (χ4n) is 3.52. The van der Waals surface area contributed by atoms with Gasteiger partial charge in [0.1, 0.15) is 4.60 Å². The van der Waals surface area contributed by atoms with E-state index >= 15 is 0 Å². The van der Waals surface area contributed by atoms with Gasteiger partial charge in [-0.25, -0.2) is 15.0 Å². The predicted molar refractivity (Wildman–Crippen MR) is 82.6 cm³/mol. The van der Waals surface area contributed by atoms with Crippen LogP contribution in [0.3, 0.4) is 0 Å². The van der Waals surface area contributed by atoms with Gasteiger partial charge in [0.05, 0.1) is 12.5 Å². The summed E-state index contributed by atoms with van der Waals surface area (Å²) in [6.07, 6.45) is 5.72. The summed E-state index contributed by atoms with van der Waals surface area (Å²) in [7, 11) is 0. The molecule has 0 bridgehead atoms. The molecule has 0 aromatic carbocycles. The normalized spacial score (nSPS) is 22.2. The second-order valence-corrected chi connectivity index (χ2v) is 7.76. The summed E-state index contributed by atoms with van der Waals surface area (Å²) in [6, 6.07) is 0.390. The number of nitrogens with zero attached hydrogens (tertiary/aromatic N) is 4. The lowest BCUT2D eigenvalue weighted by Crippen LogP contribution is -2.57. The van der Waals surface area contributed by atoms with E-state index in [0.29, 0.717) is 11.7 Å². The molecule has 20 heavy (non-hydrogen) atoms. The van der Waals surface area contributed by atoms with Crippen molar-refractivity contribution in [3.05, 3.63) is 17.1 Å². The first-order valence-electron chi connectivity index (χ1n) is 6.90. The molecular formula is C14H20BrN5. The molecule has 0 atom stereocenters. The zero-order chi connectivity index (χ0) is 14.5. The Morgan fingerprint density at radius 3 is 2.50 bits per heavy atom. The van der Waals surface area contributed by atoms with Crippen LogP contribution in [0.25, 0.3) is 11.3 Å². The van der Waals surface area contributed by atoms with E-state index in [1.807, 2.05) is 6.33 Å². The minimum absolute atomic E-state index is 0.103. The van der Waals surface area contributed by atoms with E-state index in [1.54, 1.807) is 6.20 Å². The molecule has 3 heterocycles. The second kappa shape index (κ2) is 4.49. The molecule has 0 saturated carbocycles. The zero-order valence-electron chi connectivity index (χ0n) is 12.3. The van der Waals surface area contributed by atoms with Crippen molar-refractivity contribution in [2.24, 2.45) is 0 Å². The van der Waals surface area contributed by atoms with Crippen LogP contribution in [0.4, 0.5) is 0 Å². The van der Waals surface area contributed by atoms with Gasteiger partial charge in [-0.2, -0.15) is 0 Å². The zero-order valence-corrected chi connectivity index (χ0v) is 13.9. The van der Waals surface area contributed by atoms with Gasteiger partial charge in [0, 0.05) is 17.1 Å². The quantitative estimate of drug-likeness (QED) is 0.868. The van der Waals surface area contributed by atoms with Crippen LogP contribution in [0.15, 0.2) is 17.1 Å². The van der Waals surface area contributed by atoms with E-state index in [4.69, 9.17) is 0 Å². The van der Waals surface area contributed by atoms with Crippen molar-refractivity contribution in [1.29, 1.82) is 0 Å². The Balaban J connectivity index is 2.02. The average molecular weight is 338 g/mol. The number of rotatable bonds is 1. The highest BCUT2D eigenvalue weighted by molar-refractivity contribution is 9.10. The number of imidazole rings is 1. The lowest BCUT2D eigenvalue weighted by Gasteiger charge is -2.46. The molecule has 1 fully saturated rings. The predicted octanol–water partition coefficient (Wildman–Crippen LogP) is 3.07. The Hall–Kier alpha value is -1.01.